The van der Waals surface area contributed by atoms with Crippen molar-refractivity contribution in [1.82, 2.24) is 0 Å². The second-order valence-corrected chi connectivity index (χ2v) is 4.73. The number of carboxylic acids is 1. The predicted octanol–water partition coefficient (Wildman–Crippen LogP) is 1.44. The van der Waals surface area contributed by atoms with Crippen LogP contribution in [0.1, 0.15) is 33.6 Å². The highest BCUT2D eigenvalue weighted by molar-refractivity contribution is 5.77. The van der Waals surface area contributed by atoms with Gasteiger partial charge in [-0.15, -0.1) is 0 Å². The van der Waals surface area contributed by atoms with Crippen LogP contribution in [0.2, 0.25) is 0 Å². The second-order valence-electron chi connectivity index (χ2n) is 4.73. The summed E-state index contributed by atoms with van der Waals surface area (Å²) in [5.41, 5.74) is -0.481. The molecular formula is C10H16O4. The van der Waals surface area contributed by atoms with Gasteiger partial charge in [-0.2, -0.15) is 0 Å². The van der Waals surface area contributed by atoms with Gasteiger partial charge in [-0.3, -0.25) is 9.59 Å². The first kappa shape index (κ1) is 11.0. The van der Waals surface area contributed by atoms with E-state index in [0.717, 1.165) is 0 Å². The van der Waals surface area contributed by atoms with E-state index in [2.05, 4.69) is 0 Å². The molecule has 0 saturated heterocycles. The lowest BCUT2D eigenvalue weighted by Crippen LogP contribution is -2.24. The van der Waals surface area contributed by atoms with Crippen LogP contribution in [0.3, 0.4) is 0 Å². The van der Waals surface area contributed by atoms with Crippen molar-refractivity contribution in [3.05, 3.63) is 0 Å². The van der Waals surface area contributed by atoms with Crippen molar-refractivity contribution in [3.8, 4) is 0 Å². The Bertz CT molecular complexity index is 251. The van der Waals surface area contributed by atoms with Crippen LogP contribution in [0.25, 0.3) is 0 Å². The molecule has 4 heteroatoms. The smallest absolute Gasteiger partial charge is 0.306 e. The van der Waals surface area contributed by atoms with Crippen LogP contribution < -0.4 is 0 Å². The van der Waals surface area contributed by atoms with Crippen LogP contribution in [-0.2, 0) is 14.3 Å². The van der Waals surface area contributed by atoms with Gasteiger partial charge in [0.15, 0.2) is 0 Å². The monoisotopic (exact) mass is 200 g/mol. The van der Waals surface area contributed by atoms with Crippen LogP contribution in [0, 0.1) is 11.8 Å². The maximum atomic E-state index is 11.3. The van der Waals surface area contributed by atoms with Crippen molar-refractivity contribution in [1.29, 1.82) is 0 Å². The lowest BCUT2D eigenvalue weighted by atomic mass is 10.2. The van der Waals surface area contributed by atoms with Gasteiger partial charge in [0, 0.05) is 6.42 Å². The van der Waals surface area contributed by atoms with Crippen LogP contribution >= 0.6 is 0 Å². The van der Waals surface area contributed by atoms with E-state index in [1.807, 2.05) is 0 Å². The van der Waals surface area contributed by atoms with Crippen LogP contribution in [0.5, 0.6) is 0 Å². The van der Waals surface area contributed by atoms with E-state index in [4.69, 9.17) is 9.84 Å². The Morgan fingerprint density at radius 2 is 2.00 bits per heavy atom. The Kier molecular flexibility index (Phi) is 2.83. The maximum Gasteiger partial charge on any atom is 0.306 e. The van der Waals surface area contributed by atoms with E-state index in [-0.39, 0.29) is 24.2 Å². The Balaban J connectivity index is 2.27. The van der Waals surface area contributed by atoms with Gasteiger partial charge in [0.05, 0.1) is 5.92 Å². The van der Waals surface area contributed by atoms with Crippen LogP contribution in [0.4, 0.5) is 0 Å². The molecular weight excluding hydrogens is 184 g/mol. The topological polar surface area (TPSA) is 63.6 Å². The van der Waals surface area contributed by atoms with Crippen molar-refractivity contribution < 1.29 is 19.4 Å². The fourth-order valence-electron chi connectivity index (χ4n) is 1.37. The minimum absolute atomic E-state index is 0.0117. The Labute approximate surface area is 83.2 Å². The molecule has 1 saturated carbocycles. The molecule has 0 unspecified atom stereocenters. The molecule has 0 bridgehead atoms. The summed E-state index contributed by atoms with van der Waals surface area (Å²) in [4.78, 5) is 21.7. The second kappa shape index (κ2) is 3.59. The highest BCUT2D eigenvalue weighted by Crippen LogP contribution is 2.41. The molecule has 0 amide bonds. The third-order valence-electron chi connectivity index (χ3n) is 2.09. The number of carbonyl (C=O) groups is 2. The van der Waals surface area contributed by atoms with E-state index < -0.39 is 11.6 Å². The summed E-state index contributed by atoms with van der Waals surface area (Å²) in [6, 6.07) is 0. The zero-order valence-electron chi connectivity index (χ0n) is 8.74. The average molecular weight is 200 g/mol. The summed E-state index contributed by atoms with van der Waals surface area (Å²) in [6.07, 6.45) is 0.836. The van der Waals surface area contributed by atoms with Gasteiger partial charge < -0.3 is 9.84 Å². The summed E-state index contributed by atoms with van der Waals surface area (Å²) in [5.74, 6) is -1.45. The first-order valence-corrected chi connectivity index (χ1v) is 4.74. The zero-order valence-corrected chi connectivity index (χ0v) is 8.74. The quantitative estimate of drug-likeness (QED) is 0.700. The van der Waals surface area contributed by atoms with Crippen LogP contribution in [-0.4, -0.2) is 22.6 Å². The van der Waals surface area contributed by atoms with Crippen molar-refractivity contribution in [3.63, 3.8) is 0 Å². The molecule has 14 heavy (non-hydrogen) atoms. The lowest BCUT2D eigenvalue weighted by molar-refractivity contribution is -0.155. The summed E-state index contributed by atoms with van der Waals surface area (Å²) >= 11 is 0. The van der Waals surface area contributed by atoms with Crippen molar-refractivity contribution in [2.75, 3.05) is 0 Å². The van der Waals surface area contributed by atoms with Crippen LogP contribution in [0.15, 0.2) is 0 Å². The maximum absolute atomic E-state index is 11.3. The minimum Gasteiger partial charge on any atom is -0.481 e. The SMILES string of the molecule is CC(C)(C)OC(=O)C[C@@H]1C[C@H]1C(=O)O. The van der Waals surface area contributed by atoms with Gasteiger partial charge in [-0.25, -0.2) is 0 Å². The Morgan fingerprint density at radius 3 is 2.36 bits per heavy atom. The number of rotatable bonds is 3. The first-order valence-electron chi connectivity index (χ1n) is 4.74. The molecule has 4 nitrogen and oxygen atoms in total. The molecule has 1 N–H and O–H groups in total. The molecule has 0 aliphatic heterocycles. The summed E-state index contributed by atoms with van der Waals surface area (Å²) in [5, 5.41) is 8.62. The lowest BCUT2D eigenvalue weighted by Gasteiger charge is -2.19. The molecule has 1 fully saturated rings. The Hall–Kier alpha value is -1.06. The fourth-order valence-corrected chi connectivity index (χ4v) is 1.37. The largest absolute Gasteiger partial charge is 0.481 e. The molecule has 2 atom stereocenters. The predicted molar refractivity (Wildman–Crippen MR) is 49.7 cm³/mol. The average Bonchev–Trinajstić information content (AvgIpc) is 2.61. The molecule has 0 heterocycles. The molecule has 1 aliphatic carbocycles. The van der Waals surface area contributed by atoms with E-state index >= 15 is 0 Å². The van der Waals surface area contributed by atoms with Crippen molar-refractivity contribution in [2.24, 2.45) is 11.8 Å². The molecule has 0 aromatic rings. The van der Waals surface area contributed by atoms with Crippen molar-refractivity contribution >= 4 is 11.9 Å². The standard InChI is InChI=1S/C10H16O4/c1-10(2,3)14-8(11)5-6-4-7(6)9(12)13/h6-7H,4-5H2,1-3H3,(H,12,13)/t6-,7+/m0/s1. The van der Waals surface area contributed by atoms with Gasteiger partial charge in [-0.05, 0) is 33.1 Å². The molecule has 1 rings (SSSR count). The highest BCUT2D eigenvalue weighted by atomic mass is 16.6. The number of carbonyl (C=O) groups excluding carboxylic acids is 1. The molecule has 80 valence electrons. The van der Waals surface area contributed by atoms with E-state index in [1.165, 1.54) is 0 Å². The number of hydrogen-bond donors (Lipinski definition) is 1. The minimum atomic E-state index is -0.807. The first-order chi connectivity index (χ1) is 6.29. The molecule has 0 spiro atoms. The van der Waals surface area contributed by atoms with E-state index in [9.17, 15) is 9.59 Å². The fraction of sp³-hybridized carbons (Fsp3) is 0.800. The van der Waals surface area contributed by atoms with E-state index in [0.29, 0.717) is 6.42 Å². The summed E-state index contributed by atoms with van der Waals surface area (Å²) < 4.78 is 5.08. The number of ether oxygens (including phenoxy) is 1. The van der Waals surface area contributed by atoms with Crippen molar-refractivity contribution in [2.45, 2.75) is 39.2 Å². The van der Waals surface area contributed by atoms with Gasteiger partial charge in [0.2, 0.25) is 0 Å². The molecule has 0 aromatic heterocycles. The van der Waals surface area contributed by atoms with Gasteiger partial charge >= 0.3 is 11.9 Å². The zero-order chi connectivity index (χ0) is 10.9. The molecule has 0 aromatic carbocycles. The third-order valence-corrected chi connectivity index (χ3v) is 2.09. The number of esters is 1. The molecule has 1 aliphatic rings. The van der Waals surface area contributed by atoms with Gasteiger partial charge in [0.25, 0.3) is 0 Å². The Morgan fingerprint density at radius 1 is 1.43 bits per heavy atom. The highest BCUT2D eigenvalue weighted by Gasteiger charge is 2.44. The number of aliphatic carboxylic acids is 1. The third kappa shape index (κ3) is 3.36. The number of carboxylic acid groups (broad SMARTS) is 1. The summed E-state index contributed by atoms with van der Waals surface area (Å²) in [7, 11) is 0. The normalized spacial score (nSPS) is 25.6. The van der Waals surface area contributed by atoms with Gasteiger partial charge in [0.1, 0.15) is 5.60 Å². The summed E-state index contributed by atoms with van der Waals surface area (Å²) in [6.45, 7) is 5.39. The van der Waals surface area contributed by atoms with Gasteiger partial charge in [-0.1, -0.05) is 0 Å². The number of hydrogen-bond acceptors (Lipinski definition) is 3. The molecule has 0 radical (unpaired) electrons. The van der Waals surface area contributed by atoms with E-state index in [1.54, 1.807) is 20.8 Å².